The fraction of sp³-hybridized carbons (Fsp3) is 0.333. The summed E-state index contributed by atoms with van der Waals surface area (Å²) in [5.74, 6) is -2.33. The van der Waals surface area contributed by atoms with Gasteiger partial charge in [-0.15, -0.1) is 0 Å². The van der Waals surface area contributed by atoms with Crippen molar-refractivity contribution in [3.05, 3.63) is 29.6 Å². The second kappa shape index (κ2) is 5.66. The molecule has 2 rings (SSSR count). The van der Waals surface area contributed by atoms with E-state index in [0.717, 1.165) is 6.07 Å². The molecule has 0 radical (unpaired) electrons. The van der Waals surface area contributed by atoms with Gasteiger partial charge in [0.2, 0.25) is 0 Å². The Kier molecular flexibility index (Phi) is 3.96. The summed E-state index contributed by atoms with van der Waals surface area (Å²) in [5.41, 5.74) is -0.635. The molecule has 0 spiro atoms. The van der Waals surface area contributed by atoms with Gasteiger partial charge in [0.05, 0.1) is 18.3 Å². The van der Waals surface area contributed by atoms with Crippen LogP contribution in [0.1, 0.15) is 16.8 Å². The van der Waals surface area contributed by atoms with E-state index in [1.165, 1.54) is 12.1 Å². The molecule has 0 bridgehead atoms. The molecule has 1 aromatic carbocycles. The summed E-state index contributed by atoms with van der Waals surface area (Å²) in [6.07, 6.45) is 0.697. The fourth-order valence-corrected chi connectivity index (χ4v) is 1.84. The van der Waals surface area contributed by atoms with Crippen molar-refractivity contribution >= 4 is 17.7 Å². The van der Waals surface area contributed by atoms with Crippen LogP contribution in [0.3, 0.4) is 0 Å². The van der Waals surface area contributed by atoms with Gasteiger partial charge in [0.1, 0.15) is 11.4 Å². The molecule has 1 unspecified atom stereocenters. The summed E-state index contributed by atoms with van der Waals surface area (Å²) in [5, 5.41) is 13.9. The number of carboxylic acids is 1. The van der Waals surface area contributed by atoms with Crippen LogP contribution in [-0.4, -0.2) is 36.4 Å². The molecule has 0 aliphatic carbocycles. The first kappa shape index (κ1) is 13.3. The number of rotatable bonds is 3. The van der Waals surface area contributed by atoms with Crippen LogP contribution < -0.4 is 10.6 Å². The quantitative estimate of drug-likeness (QED) is 0.774. The zero-order valence-electron chi connectivity index (χ0n) is 9.98. The highest BCUT2D eigenvalue weighted by molar-refractivity contribution is 6.00. The van der Waals surface area contributed by atoms with Crippen molar-refractivity contribution in [2.75, 3.05) is 18.5 Å². The number of carboxylic acid groups (broad SMARTS) is 1. The Bertz CT molecular complexity index is 501. The molecular formula is C12H13FN2O4. The van der Waals surface area contributed by atoms with Crippen LogP contribution >= 0.6 is 0 Å². The highest BCUT2D eigenvalue weighted by Crippen LogP contribution is 2.19. The van der Waals surface area contributed by atoms with E-state index in [9.17, 15) is 14.0 Å². The van der Waals surface area contributed by atoms with Crippen molar-refractivity contribution in [2.24, 2.45) is 0 Å². The molecule has 102 valence electrons. The largest absolute Gasteiger partial charge is 0.478 e. The van der Waals surface area contributed by atoms with Crippen LogP contribution in [0.15, 0.2) is 18.2 Å². The number of ether oxygens (including phenoxy) is 1. The number of nitrogens with one attached hydrogen (secondary N) is 2. The molecule has 1 aliphatic heterocycles. The van der Waals surface area contributed by atoms with E-state index >= 15 is 0 Å². The Balaban J connectivity index is 2.07. The molecule has 0 aromatic heterocycles. The number of carbonyl (C=O) groups excluding carboxylic acids is 1. The Labute approximate surface area is 108 Å². The van der Waals surface area contributed by atoms with Crippen molar-refractivity contribution in [3.63, 3.8) is 0 Å². The van der Waals surface area contributed by atoms with Gasteiger partial charge in [-0.3, -0.25) is 0 Å². The maximum atomic E-state index is 13.4. The van der Waals surface area contributed by atoms with E-state index in [4.69, 9.17) is 9.84 Å². The summed E-state index contributed by atoms with van der Waals surface area (Å²) in [4.78, 5) is 22.6. The number of benzene rings is 1. The van der Waals surface area contributed by atoms with Crippen LogP contribution in [0.25, 0.3) is 0 Å². The second-order valence-electron chi connectivity index (χ2n) is 4.13. The molecule has 1 heterocycles. The summed E-state index contributed by atoms with van der Waals surface area (Å²) >= 11 is 0. The van der Waals surface area contributed by atoms with E-state index in [1.54, 1.807) is 0 Å². The number of anilines is 1. The summed E-state index contributed by atoms with van der Waals surface area (Å²) < 4.78 is 18.5. The maximum Gasteiger partial charge on any atom is 0.340 e. The number of carbonyl (C=O) groups is 2. The lowest BCUT2D eigenvalue weighted by Crippen LogP contribution is -2.38. The van der Waals surface area contributed by atoms with Gasteiger partial charge >= 0.3 is 12.0 Å². The summed E-state index contributed by atoms with van der Waals surface area (Å²) in [7, 11) is 0. The van der Waals surface area contributed by atoms with Gasteiger partial charge in [0.25, 0.3) is 0 Å². The molecule has 6 nitrogen and oxygen atoms in total. The topological polar surface area (TPSA) is 87.7 Å². The number of hydrogen-bond acceptors (Lipinski definition) is 3. The maximum absolute atomic E-state index is 13.4. The summed E-state index contributed by atoms with van der Waals surface area (Å²) in [6, 6.07) is 3.00. The van der Waals surface area contributed by atoms with Crippen LogP contribution in [-0.2, 0) is 4.74 Å². The molecule has 19 heavy (non-hydrogen) atoms. The van der Waals surface area contributed by atoms with Gasteiger partial charge in [0.15, 0.2) is 0 Å². The molecule has 3 N–H and O–H groups in total. The number of hydrogen-bond donors (Lipinski definition) is 3. The van der Waals surface area contributed by atoms with E-state index in [1.807, 2.05) is 0 Å². The minimum atomic E-state index is -1.43. The predicted molar refractivity (Wildman–Crippen MR) is 64.7 cm³/mol. The van der Waals surface area contributed by atoms with Crippen molar-refractivity contribution in [2.45, 2.75) is 12.5 Å². The average Bonchev–Trinajstić information content (AvgIpc) is 2.81. The Hall–Kier alpha value is -2.15. The van der Waals surface area contributed by atoms with Crippen LogP contribution in [0.2, 0.25) is 0 Å². The Morgan fingerprint density at radius 1 is 1.42 bits per heavy atom. The Morgan fingerprint density at radius 3 is 2.84 bits per heavy atom. The van der Waals surface area contributed by atoms with Gasteiger partial charge in [-0.25, -0.2) is 14.0 Å². The fourth-order valence-electron chi connectivity index (χ4n) is 1.84. The molecular weight excluding hydrogens is 255 g/mol. The van der Waals surface area contributed by atoms with Crippen molar-refractivity contribution < 1.29 is 23.8 Å². The van der Waals surface area contributed by atoms with Gasteiger partial charge in [-0.1, -0.05) is 6.07 Å². The highest BCUT2D eigenvalue weighted by Gasteiger charge is 2.20. The standard InChI is InChI=1S/C12H13FN2O4/c13-8-2-1-3-9(10(8)11(16)17)15-12(18)14-7-4-5-19-6-7/h1-3,7H,4-6H2,(H,16,17)(H2,14,15,18). The molecule has 0 saturated carbocycles. The lowest BCUT2D eigenvalue weighted by atomic mass is 10.1. The molecule has 7 heteroatoms. The normalized spacial score (nSPS) is 18.1. The predicted octanol–water partition coefficient (Wildman–Crippen LogP) is 1.43. The third-order valence-electron chi connectivity index (χ3n) is 2.74. The van der Waals surface area contributed by atoms with E-state index in [2.05, 4.69) is 10.6 Å². The van der Waals surface area contributed by atoms with Crippen LogP contribution in [0.4, 0.5) is 14.9 Å². The zero-order valence-corrected chi connectivity index (χ0v) is 9.98. The minimum Gasteiger partial charge on any atom is -0.478 e. The first-order valence-electron chi connectivity index (χ1n) is 5.75. The number of aromatic carboxylic acids is 1. The summed E-state index contributed by atoms with van der Waals surface area (Å²) in [6.45, 7) is 0.994. The van der Waals surface area contributed by atoms with Crippen molar-refractivity contribution in [1.82, 2.24) is 5.32 Å². The van der Waals surface area contributed by atoms with Gasteiger partial charge < -0.3 is 20.5 Å². The van der Waals surface area contributed by atoms with Crippen LogP contribution in [0, 0.1) is 5.82 Å². The molecule has 1 atom stereocenters. The Morgan fingerprint density at radius 2 is 2.21 bits per heavy atom. The SMILES string of the molecule is O=C(Nc1cccc(F)c1C(=O)O)NC1CCOC1. The number of halogens is 1. The minimum absolute atomic E-state index is 0.0797. The lowest BCUT2D eigenvalue weighted by Gasteiger charge is -2.13. The molecule has 2 amide bonds. The van der Waals surface area contributed by atoms with E-state index < -0.39 is 23.4 Å². The molecule has 1 fully saturated rings. The van der Waals surface area contributed by atoms with Crippen molar-refractivity contribution in [1.29, 1.82) is 0 Å². The molecule has 1 aromatic rings. The van der Waals surface area contributed by atoms with Gasteiger partial charge in [-0.2, -0.15) is 0 Å². The highest BCUT2D eigenvalue weighted by atomic mass is 19.1. The van der Waals surface area contributed by atoms with E-state index in [0.29, 0.717) is 19.6 Å². The monoisotopic (exact) mass is 268 g/mol. The van der Waals surface area contributed by atoms with Gasteiger partial charge in [-0.05, 0) is 18.6 Å². The van der Waals surface area contributed by atoms with E-state index in [-0.39, 0.29) is 11.7 Å². The molecule has 1 aliphatic rings. The average molecular weight is 268 g/mol. The zero-order chi connectivity index (χ0) is 13.8. The number of amides is 2. The first-order valence-corrected chi connectivity index (χ1v) is 5.75. The smallest absolute Gasteiger partial charge is 0.340 e. The third-order valence-corrected chi connectivity index (χ3v) is 2.74. The van der Waals surface area contributed by atoms with Crippen LogP contribution in [0.5, 0.6) is 0 Å². The lowest BCUT2D eigenvalue weighted by molar-refractivity contribution is 0.0693. The number of urea groups is 1. The first-order chi connectivity index (χ1) is 9.08. The second-order valence-corrected chi connectivity index (χ2v) is 4.13. The molecule has 1 saturated heterocycles. The van der Waals surface area contributed by atoms with Crippen molar-refractivity contribution in [3.8, 4) is 0 Å². The van der Waals surface area contributed by atoms with Gasteiger partial charge in [0, 0.05) is 6.61 Å². The third kappa shape index (κ3) is 3.19.